The fraction of sp³-hybridized carbons (Fsp3) is 0. The van der Waals surface area contributed by atoms with Gasteiger partial charge in [0.15, 0.2) is 5.65 Å². The van der Waals surface area contributed by atoms with E-state index in [1.54, 1.807) is 29.2 Å². The second-order valence-corrected chi connectivity index (χ2v) is 1.67. The predicted octanol–water partition coefficient (Wildman–Crippen LogP) is 0.529. The minimum absolute atomic E-state index is 0.762. The summed E-state index contributed by atoms with van der Waals surface area (Å²) in [6, 6.07) is 4.66. The lowest BCUT2D eigenvalue weighted by Gasteiger charge is -1.84. The highest BCUT2D eigenvalue weighted by Crippen LogP contribution is 1.92. The zero-order valence-corrected chi connectivity index (χ0v) is 4.65. The van der Waals surface area contributed by atoms with Crippen molar-refractivity contribution in [3.63, 3.8) is 0 Å². The van der Waals surface area contributed by atoms with Gasteiger partial charge in [-0.25, -0.2) is 9.50 Å². The minimum atomic E-state index is 0.762. The molecule has 0 atom stereocenters. The molecule has 0 aromatic carbocycles. The molecule has 2 aromatic heterocycles. The van der Waals surface area contributed by atoms with Gasteiger partial charge >= 0.3 is 0 Å². The van der Waals surface area contributed by atoms with E-state index < -0.39 is 0 Å². The summed E-state index contributed by atoms with van der Waals surface area (Å²) in [6.07, 6.45) is 5.15. The van der Waals surface area contributed by atoms with Crippen molar-refractivity contribution in [1.29, 1.82) is 0 Å². The van der Waals surface area contributed by atoms with Crippen LogP contribution in [0.4, 0.5) is 0 Å². The zero-order valence-electron chi connectivity index (χ0n) is 4.65. The summed E-state index contributed by atoms with van der Waals surface area (Å²) in [5.41, 5.74) is 0.762. The highest BCUT2D eigenvalue weighted by Gasteiger charge is 1.87. The standard InChI is InChI=1S/C6H4N3/c1-2-6-7-4-5-9(6)8-3-1/h1,3-5H. The van der Waals surface area contributed by atoms with Gasteiger partial charge in [-0.2, -0.15) is 5.10 Å². The van der Waals surface area contributed by atoms with Gasteiger partial charge in [0.25, 0.3) is 0 Å². The number of hydrogen-bond acceptors (Lipinski definition) is 2. The fourth-order valence-electron chi connectivity index (χ4n) is 0.710. The van der Waals surface area contributed by atoms with Crippen LogP contribution in [-0.2, 0) is 0 Å². The summed E-state index contributed by atoms with van der Waals surface area (Å²) in [5.74, 6) is 0. The molecule has 1 radical (unpaired) electrons. The Morgan fingerprint density at radius 3 is 3.33 bits per heavy atom. The molecule has 0 aliphatic heterocycles. The number of aromatic nitrogens is 3. The maximum absolute atomic E-state index is 3.96. The molecule has 0 aliphatic rings. The molecule has 0 spiro atoms. The first-order valence-electron chi connectivity index (χ1n) is 2.63. The first-order chi connectivity index (χ1) is 4.47. The summed E-state index contributed by atoms with van der Waals surface area (Å²) >= 11 is 0. The topological polar surface area (TPSA) is 30.2 Å². The van der Waals surface area contributed by atoms with Gasteiger partial charge in [0, 0.05) is 24.7 Å². The van der Waals surface area contributed by atoms with Gasteiger partial charge in [0.1, 0.15) is 0 Å². The minimum Gasteiger partial charge on any atom is -0.235 e. The summed E-state index contributed by atoms with van der Waals surface area (Å²) in [5, 5.41) is 3.96. The molecule has 0 unspecified atom stereocenters. The molecule has 0 N–H and O–H groups in total. The Morgan fingerprint density at radius 2 is 2.44 bits per heavy atom. The third-order valence-corrected chi connectivity index (χ3v) is 1.10. The van der Waals surface area contributed by atoms with Crippen LogP contribution in [0.5, 0.6) is 0 Å². The van der Waals surface area contributed by atoms with E-state index in [-0.39, 0.29) is 0 Å². The van der Waals surface area contributed by atoms with Crippen LogP contribution in [-0.4, -0.2) is 14.6 Å². The fourth-order valence-corrected chi connectivity index (χ4v) is 0.710. The van der Waals surface area contributed by atoms with E-state index in [1.165, 1.54) is 0 Å². The molecule has 0 saturated heterocycles. The van der Waals surface area contributed by atoms with Crippen LogP contribution in [0.15, 0.2) is 24.7 Å². The Hall–Kier alpha value is -1.38. The maximum Gasteiger partial charge on any atom is 0.161 e. The zero-order chi connectivity index (χ0) is 6.10. The maximum atomic E-state index is 3.96. The quantitative estimate of drug-likeness (QED) is 0.505. The SMILES string of the molecule is [c]1ccnn2ccnc12. The molecule has 3 heteroatoms. The Kier molecular flexibility index (Phi) is 0.773. The van der Waals surface area contributed by atoms with Crippen LogP contribution >= 0.6 is 0 Å². The van der Waals surface area contributed by atoms with Crippen molar-refractivity contribution in [2.45, 2.75) is 0 Å². The number of imidazole rings is 1. The molecular formula is C6H4N3. The van der Waals surface area contributed by atoms with E-state index in [2.05, 4.69) is 16.1 Å². The van der Waals surface area contributed by atoms with Crippen LogP contribution in [0.3, 0.4) is 0 Å². The normalized spacial score (nSPS) is 10.2. The highest BCUT2D eigenvalue weighted by molar-refractivity contribution is 5.32. The van der Waals surface area contributed by atoms with Gasteiger partial charge in [0.05, 0.1) is 0 Å². The highest BCUT2D eigenvalue weighted by atomic mass is 15.2. The predicted molar refractivity (Wildman–Crippen MR) is 31.8 cm³/mol. The Labute approximate surface area is 52.0 Å². The van der Waals surface area contributed by atoms with Crippen molar-refractivity contribution in [3.05, 3.63) is 30.7 Å². The molecule has 2 rings (SSSR count). The molecule has 43 valence electrons. The van der Waals surface area contributed by atoms with E-state index >= 15 is 0 Å². The van der Waals surface area contributed by atoms with Crippen molar-refractivity contribution < 1.29 is 0 Å². The summed E-state index contributed by atoms with van der Waals surface area (Å²) in [4.78, 5) is 3.96. The number of rotatable bonds is 0. The Morgan fingerprint density at radius 1 is 1.44 bits per heavy atom. The largest absolute Gasteiger partial charge is 0.235 e. The van der Waals surface area contributed by atoms with E-state index in [9.17, 15) is 0 Å². The second-order valence-electron chi connectivity index (χ2n) is 1.67. The van der Waals surface area contributed by atoms with E-state index in [0.29, 0.717) is 0 Å². The van der Waals surface area contributed by atoms with Crippen LogP contribution in [0.1, 0.15) is 0 Å². The average Bonchev–Trinajstić information content (AvgIpc) is 2.33. The second kappa shape index (κ2) is 1.55. The molecule has 0 saturated carbocycles. The van der Waals surface area contributed by atoms with Crippen molar-refractivity contribution >= 4 is 5.65 Å². The molecular weight excluding hydrogens is 114 g/mol. The lowest BCUT2D eigenvalue weighted by Crippen LogP contribution is -1.85. The molecule has 0 amide bonds. The average molecular weight is 118 g/mol. The number of nitrogens with zero attached hydrogens (tertiary/aromatic N) is 3. The monoisotopic (exact) mass is 118 g/mol. The van der Waals surface area contributed by atoms with Crippen molar-refractivity contribution in [1.82, 2.24) is 14.6 Å². The molecule has 0 fully saturated rings. The third-order valence-electron chi connectivity index (χ3n) is 1.10. The van der Waals surface area contributed by atoms with Crippen LogP contribution in [0.2, 0.25) is 0 Å². The van der Waals surface area contributed by atoms with Crippen molar-refractivity contribution in [2.75, 3.05) is 0 Å². The molecule has 9 heavy (non-hydrogen) atoms. The van der Waals surface area contributed by atoms with Gasteiger partial charge in [-0.05, 0) is 6.07 Å². The summed E-state index contributed by atoms with van der Waals surface area (Å²) in [7, 11) is 0. The van der Waals surface area contributed by atoms with Crippen molar-refractivity contribution in [3.8, 4) is 0 Å². The third kappa shape index (κ3) is 0.579. The lowest BCUT2D eigenvalue weighted by atomic mass is 10.6. The first kappa shape index (κ1) is 4.49. The summed E-state index contributed by atoms with van der Waals surface area (Å²) in [6.45, 7) is 0. The van der Waals surface area contributed by atoms with Crippen LogP contribution in [0, 0.1) is 6.07 Å². The molecule has 0 aliphatic carbocycles. The van der Waals surface area contributed by atoms with Gasteiger partial charge in [-0.3, -0.25) is 0 Å². The molecule has 3 nitrogen and oxygen atoms in total. The Balaban J connectivity index is 2.95. The smallest absolute Gasteiger partial charge is 0.161 e. The van der Waals surface area contributed by atoms with Gasteiger partial charge in [-0.1, -0.05) is 0 Å². The van der Waals surface area contributed by atoms with Crippen molar-refractivity contribution in [2.24, 2.45) is 0 Å². The molecule has 2 aromatic rings. The van der Waals surface area contributed by atoms with E-state index in [4.69, 9.17) is 0 Å². The molecule has 0 bridgehead atoms. The van der Waals surface area contributed by atoms with E-state index in [1.807, 2.05) is 0 Å². The van der Waals surface area contributed by atoms with E-state index in [0.717, 1.165) is 5.65 Å². The number of hydrogen-bond donors (Lipinski definition) is 0. The number of fused-ring (bicyclic) bond motifs is 1. The molecule has 2 heterocycles. The van der Waals surface area contributed by atoms with Gasteiger partial charge in [0.2, 0.25) is 0 Å². The Bertz CT molecular complexity index is 282. The van der Waals surface area contributed by atoms with Crippen LogP contribution < -0.4 is 0 Å². The first-order valence-corrected chi connectivity index (χ1v) is 2.63. The summed E-state index contributed by atoms with van der Waals surface area (Å²) < 4.78 is 1.67. The van der Waals surface area contributed by atoms with Gasteiger partial charge in [-0.15, -0.1) is 0 Å². The lowest BCUT2D eigenvalue weighted by molar-refractivity contribution is 0.934. The van der Waals surface area contributed by atoms with Gasteiger partial charge < -0.3 is 0 Å². The van der Waals surface area contributed by atoms with Crippen LogP contribution in [0.25, 0.3) is 5.65 Å².